The molecular weight excluding hydrogens is 514 g/mol. The van der Waals surface area contributed by atoms with E-state index in [1.54, 1.807) is 25.1 Å². The second kappa shape index (κ2) is 9.79. The summed E-state index contributed by atoms with van der Waals surface area (Å²) in [6.45, 7) is 1.83. The summed E-state index contributed by atoms with van der Waals surface area (Å²) in [5.41, 5.74) is 6.51. The zero-order valence-electron chi connectivity index (χ0n) is 22.6. The molecule has 210 valence electrons. The minimum absolute atomic E-state index is 0.00655. The predicted molar refractivity (Wildman–Crippen MR) is 147 cm³/mol. The Morgan fingerprint density at radius 3 is 2.38 bits per heavy atom. The van der Waals surface area contributed by atoms with Crippen LogP contribution >= 0.6 is 0 Å². The molecule has 10 nitrogen and oxygen atoms in total. The van der Waals surface area contributed by atoms with Gasteiger partial charge in [0.1, 0.15) is 22.9 Å². The van der Waals surface area contributed by atoms with Gasteiger partial charge >= 0.3 is 0 Å². The van der Waals surface area contributed by atoms with E-state index in [-0.39, 0.29) is 40.5 Å². The van der Waals surface area contributed by atoms with Crippen LogP contribution in [0.3, 0.4) is 0 Å². The Labute approximate surface area is 231 Å². The molecule has 0 bridgehead atoms. The lowest BCUT2D eigenvalue weighted by molar-refractivity contribution is -0.151. The number of carbonyl (C=O) groups excluding carboxylic acids is 3. The third-order valence-corrected chi connectivity index (χ3v) is 8.51. The third kappa shape index (κ3) is 4.24. The van der Waals surface area contributed by atoms with E-state index in [1.165, 1.54) is 13.0 Å². The van der Waals surface area contributed by atoms with Crippen LogP contribution in [0.5, 0.6) is 5.75 Å². The average Bonchev–Trinajstić information content (AvgIpc) is 2.88. The van der Waals surface area contributed by atoms with Gasteiger partial charge < -0.3 is 31.5 Å². The van der Waals surface area contributed by atoms with Gasteiger partial charge in [-0.2, -0.15) is 0 Å². The van der Waals surface area contributed by atoms with E-state index in [0.29, 0.717) is 18.5 Å². The fraction of sp³-hybridized carbons (Fsp3) is 0.367. The molecule has 10 heteroatoms. The molecule has 4 unspecified atom stereocenters. The van der Waals surface area contributed by atoms with Crippen molar-refractivity contribution in [1.29, 1.82) is 0 Å². The number of hydrogen-bond donors (Lipinski definition) is 6. The summed E-state index contributed by atoms with van der Waals surface area (Å²) in [6, 6.07) is 9.92. The number of rotatable bonds is 5. The summed E-state index contributed by atoms with van der Waals surface area (Å²) in [5.74, 6) is -3.92. The van der Waals surface area contributed by atoms with Crippen LogP contribution in [0.2, 0.25) is 0 Å². The first-order valence-electron chi connectivity index (χ1n) is 13.1. The highest BCUT2D eigenvalue weighted by Gasteiger charge is 2.60. The Kier molecular flexibility index (Phi) is 6.71. The van der Waals surface area contributed by atoms with E-state index in [4.69, 9.17) is 5.73 Å². The van der Waals surface area contributed by atoms with E-state index in [9.17, 15) is 34.8 Å². The first kappa shape index (κ1) is 27.4. The van der Waals surface area contributed by atoms with E-state index in [2.05, 4.69) is 5.32 Å². The number of nitrogens with one attached hydrogen (secondary N) is 1. The number of benzene rings is 2. The van der Waals surface area contributed by atoms with Gasteiger partial charge in [0.05, 0.1) is 17.2 Å². The van der Waals surface area contributed by atoms with Gasteiger partial charge in [0, 0.05) is 31.4 Å². The summed E-state index contributed by atoms with van der Waals surface area (Å²) < 4.78 is 0. The number of aromatic hydroxyl groups is 1. The van der Waals surface area contributed by atoms with Crippen molar-refractivity contribution >= 4 is 23.4 Å². The number of phenolic OH excluding ortho intramolecular Hbond substituents is 1. The normalized spacial score (nSPS) is 25.8. The second-order valence-corrected chi connectivity index (χ2v) is 11.2. The SMILES string of the molecule is CC(=O)NCc1ccc(-c2ccc(O)c3c2CC2CC4C(N(C)C)C(O)=C(C(N)=O)CC4(O)C(=O)C2=C3O)cc1. The molecule has 40 heavy (non-hydrogen) atoms. The van der Waals surface area contributed by atoms with Crippen LogP contribution < -0.4 is 11.1 Å². The molecule has 0 aromatic heterocycles. The van der Waals surface area contributed by atoms with Crippen molar-refractivity contribution in [1.82, 2.24) is 10.2 Å². The number of primary amides is 1. The van der Waals surface area contributed by atoms with Crippen molar-refractivity contribution in [2.45, 2.75) is 44.4 Å². The minimum atomic E-state index is -2.07. The van der Waals surface area contributed by atoms with Crippen LogP contribution in [0.15, 0.2) is 53.3 Å². The number of nitrogens with zero attached hydrogens (tertiary/aromatic N) is 1. The molecule has 0 saturated heterocycles. The number of aliphatic hydroxyl groups is 3. The Hall–Kier alpha value is -4.15. The zero-order valence-corrected chi connectivity index (χ0v) is 22.6. The third-order valence-electron chi connectivity index (χ3n) is 8.51. The monoisotopic (exact) mass is 547 g/mol. The molecule has 0 spiro atoms. The second-order valence-electron chi connectivity index (χ2n) is 11.2. The average molecular weight is 548 g/mol. The van der Waals surface area contributed by atoms with Gasteiger partial charge in [0.25, 0.3) is 0 Å². The van der Waals surface area contributed by atoms with E-state index in [1.807, 2.05) is 24.3 Å². The number of Topliss-reactive ketones (excluding diaryl/α,β-unsaturated/α-hetero) is 1. The molecule has 2 aromatic carbocycles. The Morgan fingerprint density at radius 2 is 1.77 bits per heavy atom. The Morgan fingerprint density at radius 1 is 1.10 bits per heavy atom. The fourth-order valence-electron chi connectivity index (χ4n) is 6.63. The quantitative estimate of drug-likeness (QED) is 0.330. The summed E-state index contributed by atoms with van der Waals surface area (Å²) >= 11 is 0. The van der Waals surface area contributed by atoms with Gasteiger partial charge in [-0.3, -0.25) is 19.3 Å². The lowest BCUT2D eigenvalue weighted by Gasteiger charge is -2.51. The highest BCUT2D eigenvalue weighted by Crippen LogP contribution is 2.53. The molecule has 1 saturated carbocycles. The number of amides is 2. The number of carbonyl (C=O) groups is 3. The van der Waals surface area contributed by atoms with Gasteiger partial charge in [0.15, 0.2) is 5.78 Å². The summed E-state index contributed by atoms with van der Waals surface area (Å²) in [5, 5.41) is 47.7. The number of hydrogen-bond acceptors (Lipinski definition) is 8. The molecule has 5 rings (SSSR count). The molecule has 3 aliphatic rings. The minimum Gasteiger partial charge on any atom is -0.510 e. The van der Waals surface area contributed by atoms with Crippen LogP contribution in [0.25, 0.3) is 16.9 Å². The van der Waals surface area contributed by atoms with Crippen LogP contribution in [0, 0.1) is 11.8 Å². The molecule has 0 radical (unpaired) electrons. The smallest absolute Gasteiger partial charge is 0.248 e. The van der Waals surface area contributed by atoms with Crippen LogP contribution in [-0.2, 0) is 27.3 Å². The van der Waals surface area contributed by atoms with Crippen molar-refractivity contribution in [2.75, 3.05) is 14.1 Å². The first-order chi connectivity index (χ1) is 18.8. The molecule has 2 amide bonds. The summed E-state index contributed by atoms with van der Waals surface area (Å²) in [6.07, 6.45) is 0.0811. The number of likely N-dealkylation sites (N-methyl/N-ethyl adjacent to an activating group) is 1. The van der Waals surface area contributed by atoms with Gasteiger partial charge in [-0.1, -0.05) is 30.3 Å². The summed E-state index contributed by atoms with van der Waals surface area (Å²) in [4.78, 5) is 39.0. The number of fused-ring (bicyclic) bond motifs is 3. The molecule has 2 aromatic rings. The van der Waals surface area contributed by atoms with Crippen molar-refractivity contribution in [3.05, 3.63) is 70.0 Å². The number of nitrogens with two attached hydrogens (primary N) is 1. The molecule has 1 fully saturated rings. The van der Waals surface area contributed by atoms with Crippen molar-refractivity contribution in [3.63, 3.8) is 0 Å². The molecule has 3 aliphatic carbocycles. The van der Waals surface area contributed by atoms with Gasteiger partial charge in [0.2, 0.25) is 11.8 Å². The predicted octanol–water partition coefficient (Wildman–Crippen LogP) is 2.09. The zero-order chi connectivity index (χ0) is 29.1. The van der Waals surface area contributed by atoms with Gasteiger partial charge in [-0.15, -0.1) is 0 Å². The molecular formula is C30H33N3O7. The van der Waals surface area contributed by atoms with Crippen LogP contribution in [0.4, 0.5) is 0 Å². The molecule has 7 N–H and O–H groups in total. The van der Waals surface area contributed by atoms with E-state index >= 15 is 0 Å². The van der Waals surface area contributed by atoms with E-state index < -0.39 is 47.3 Å². The maximum absolute atomic E-state index is 13.9. The number of phenols is 1. The van der Waals surface area contributed by atoms with Crippen molar-refractivity contribution in [2.24, 2.45) is 17.6 Å². The number of ketones is 1. The highest BCUT2D eigenvalue weighted by atomic mass is 16.3. The van der Waals surface area contributed by atoms with E-state index in [0.717, 1.165) is 16.7 Å². The first-order valence-corrected chi connectivity index (χ1v) is 13.1. The van der Waals surface area contributed by atoms with Crippen LogP contribution in [0.1, 0.15) is 36.5 Å². The lowest BCUT2D eigenvalue weighted by Crippen LogP contribution is -2.62. The number of aliphatic hydroxyl groups excluding tert-OH is 2. The summed E-state index contributed by atoms with van der Waals surface area (Å²) in [7, 11) is 3.36. The Balaban J connectivity index is 1.60. The fourth-order valence-corrected chi connectivity index (χ4v) is 6.63. The molecule has 0 aliphatic heterocycles. The lowest BCUT2D eigenvalue weighted by atomic mass is 9.57. The van der Waals surface area contributed by atoms with Crippen molar-refractivity contribution in [3.8, 4) is 16.9 Å². The topological polar surface area (TPSA) is 173 Å². The Bertz CT molecular complexity index is 1490. The maximum atomic E-state index is 13.9. The molecule has 4 atom stereocenters. The van der Waals surface area contributed by atoms with Gasteiger partial charge in [-0.25, -0.2) is 0 Å². The maximum Gasteiger partial charge on any atom is 0.248 e. The molecule has 0 heterocycles. The van der Waals surface area contributed by atoms with Crippen LogP contribution in [-0.4, -0.2) is 68.7 Å². The van der Waals surface area contributed by atoms with Gasteiger partial charge in [-0.05, 0) is 61.2 Å². The van der Waals surface area contributed by atoms with Crippen molar-refractivity contribution < 1.29 is 34.8 Å². The largest absolute Gasteiger partial charge is 0.510 e. The highest BCUT2D eigenvalue weighted by molar-refractivity contribution is 6.10. The standard InChI is InChI=1S/C30H33N3O7/c1-14(34)32-13-15-4-6-16(7-5-15)18-8-9-22(35)24-19(18)10-17-11-21-25(33(2)3)26(36)20(29(31)39)12-30(21,40)28(38)23(17)27(24)37/h4-9,17,21,25,35-37,40H,10-13H2,1-3H3,(H2,31,39)(H,32,34).